The van der Waals surface area contributed by atoms with E-state index in [0.717, 1.165) is 0 Å². The van der Waals surface area contributed by atoms with E-state index in [9.17, 15) is 29.4 Å². The third-order valence-corrected chi connectivity index (χ3v) is 6.24. The van der Waals surface area contributed by atoms with Crippen molar-refractivity contribution >= 4 is 23.7 Å². The number of hydrogen-bond donors (Lipinski definition) is 4. The first-order valence-electron chi connectivity index (χ1n) is 10.7. The molecule has 10 nitrogen and oxygen atoms in total. The molecule has 6 unspecified atom stereocenters. The molecule has 2 saturated heterocycles. The fourth-order valence-corrected chi connectivity index (χ4v) is 4.10. The van der Waals surface area contributed by atoms with Gasteiger partial charge in [-0.2, -0.15) is 0 Å². The highest BCUT2D eigenvalue weighted by Gasteiger charge is 2.42. The van der Waals surface area contributed by atoms with Crippen LogP contribution >= 0.6 is 0 Å². The fourth-order valence-electron chi connectivity index (χ4n) is 4.10. The molecule has 6 atom stereocenters. The van der Waals surface area contributed by atoms with Crippen molar-refractivity contribution < 1.29 is 29.4 Å². The molecule has 2 rings (SSSR count). The molecule has 0 aromatic heterocycles. The Bertz CT molecular complexity index is 670. The minimum atomic E-state index is -1.12. The van der Waals surface area contributed by atoms with Crippen LogP contribution in [-0.4, -0.2) is 87.1 Å². The summed E-state index contributed by atoms with van der Waals surface area (Å²) in [6.45, 7) is 5.83. The molecule has 5 N–H and O–H groups in total. The van der Waals surface area contributed by atoms with E-state index in [1.807, 2.05) is 13.8 Å². The second-order valence-electron chi connectivity index (χ2n) is 8.36. The van der Waals surface area contributed by atoms with Gasteiger partial charge in [-0.15, -0.1) is 0 Å². The largest absolute Gasteiger partial charge is 0.480 e. The fraction of sp³-hybridized carbons (Fsp3) is 0.800. The van der Waals surface area contributed by atoms with Gasteiger partial charge in [0.1, 0.15) is 24.2 Å². The first kappa shape index (κ1) is 24.1. The average Bonchev–Trinajstić information content (AvgIpc) is 3.39. The van der Waals surface area contributed by atoms with Crippen LogP contribution in [0.1, 0.15) is 52.9 Å². The second-order valence-corrected chi connectivity index (χ2v) is 8.36. The monoisotopic (exact) mass is 426 g/mol. The lowest BCUT2D eigenvalue weighted by Gasteiger charge is -2.33. The Hall–Kier alpha value is -2.20. The summed E-state index contributed by atoms with van der Waals surface area (Å²) in [4.78, 5) is 52.9. The molecule has 3 amide bonds. The zero-order valence-corrected chi connectivity index (χ0v) is 17.9. The van der Waals surface area contributed by atoms with E-state index in [-0.39, 0.29) is 5.92 Å². The third kappa shape index (κ3) is 5.10. The number of aliphatic hydroxyl groups excluding tert-OH is 1. The molecule has 10 heteroatoms. The molecule has 0 bridgehead atoms. The highest BCUT2D eigenvalue weighted by Crippen LogP contribution is 2.23. The quantitative estimate of drug-likeness (QED) is 0.400. The number of likely N-dealkylation sites (tertiary alicyclic amines) is 2. The molecule has 170 valence electrons. The Morgan fingerprint density at radius 3 is 2.07 bits per heavy atom. The Labute approximate surface area is 176 Å². The lowest BCUT2D eigenvalue weighted by molar-refractivity contribution is -0.150. The number of carbonyl (C=O) groups is 4. The Morgan fingerprint density at radius 1 is 1.03 bits per heavy atom. The van der Waals surface area contributed by atoms with E-state index >= 15 is 0 Å². The van der Waals surface area contributed by atoms with Gasteiger partial charge in [-0.05, 0) is 38.5 Å². The Morgan fingerprint density at radius 2 is 1.57 bits per heavy atom. The first-order chi connectivity index (χ1) is 14.1. The number of carboxylic acid groups (broad SMARTS) is 1. The average molecular weight is 427 g/mol. The molecule has 0 aliphatic carbocycles. The molecule has 2 aliphatic rings. The molecule has 2 aliphatic heterocycles. The van der Waals surface area contributed by atoms with Crippen molar-refractivity contribution in [2.24, 2.45) is 11.7 Å². The van der Waals surface area contributed by atoms with Crippen LogP contribution < -0.4 is 11.1 Å². The summed E-state index contributed by atoms with van der Waals surface area (Å²) >= 11 is 0. The van der Waals surface area contributed by atoms with Gasteiger partial charge in [0, 0.05) is 13.1 Å². The highest BCUT2D eigenvalue weighted by molar-refractivity contribution is 5.94. The summed E-state index contributed by atoms with van der Waals surface area (Å²) in [5.41, 5.74) is 5.76. The second kappa shape index (κ2) is 10.2. The van der Waals surface area contributed by atoms with Gasteiger partial charge in [0.15, 0.2) is 0 Å². The van der Waals surface area contributed by atoms with Crippen LogP contribution in [0.2, 0.25) is 0 Å². The smallest absolute Gasteiger partial charge is 0.326 e. The topological polar surface area (TPSA) is 153 Å². The maximum Gasteiger partial charge on any atom is 0.326 e. The number of hydrogen-bond acceptors (Lipinski definition) is 6. The first-order valence-corrected chi connectivity index (χ1v) is 10.7. The van der Waals surface area contributed by atoms with Gasteiger partial charge >= 0.3 is 5.97 Å². The van der Waals surface area contributed by atoms with Crippen LogP contribution in [0.3, 0.4) is 0 Å². The molecular weight excluding hydrogens is 392 g/mol. The predicted molar refractivity (Wildman–Crippen MR) is 108 cm³/mol. The van der Waals surface area contributed by atoms with Crippen molar-refractivity contribution in [3.63, 3.8) is 0 Å². The van der Waals surface area contributed by atoms with Gasteiger partial charge in [0.25, 0.3) is 0 Å². The van der Waals surface area contributed by atoms with Gasteiger partial charge in [0.05, 0.1) is 6.10 Å². The zero-order valence-electron chi connectivity index (χ0n) is 17.9. The number of nitrogens with zero attached hydrogens (tertiary/aromatic N) is 2. The van der Waals surface area contributed by atoms with Gasteiger partial charge < -0.3 is 31.1 Å². The predicted octanol–water partition coefficient (Wildman–Crippen LogP) is -0.708. The Balaban J connectivity index is 2.16. The number of aliphatic hydroxyl groups is 1. The molecule has 0 aromatic rings. The number of nitrogens with one attached hydrogen (secondary N) is 1. The molecule has 30 heavy (non-hydrogen) atoms. The lowest BCUT2D eigenvalue weighted by Crippen LogP contribution is -2.59. The van der Waals surface area contributed by atoms with E-state index < -0.39 is 54.0 Å². The van der Waals surface area contributed by atoms with Crippen LogP contribution in [0.5, 0.6) is 0 Å². The van der Waals surface area contributed by atoms with Crippen molar-refractivity contribution in [2.75, 3.05) is 13.1 Å². The zero-order chi connectivity index (χ0) is 22.6. The molecule has 2 heterocycles. The molecule has 0 aromatic carbocycles. The number of rotatable bonds is 8. The molecule has 2 fully saturated rings. The maximum absolute atomic E-state index is 13.1. The summed E-state index contributed by atoms with van der Waals surface area (Å²) in [5, 5.41) is 21.8. The molecule has 0 spiro atoms. The van der Waals surface area contributed by atoms with E-state index in [0.29, 0.717) is 45.2 Å². The maximum atomic E-state index is 13.1. The number of aliphatic carboxylic acids is 1. The third-order valence-electron chi connectivity index (χ3n) is 6.24. The van der Waals surface area contributed by atoms with Crippen molar-refractivity contribution in [1.82, 2.24) is 15.1 Å². The van der Waals surface area contributed by atoms with E-state index in [2.05, 4.69) is 5.32 Å². The van der Waals surface area contributed by atoms with E-state index in [1.54, 1.807) is 0 Å². The summed E-state index contributed by atoms with van der Waals surface area (Å²) in [6, 6.07) is -3.64. The number of nitrogens with two attached hydrogens (primary N) is 1. The van der Waals surface area contributed by atoms with Crippen LogP contribution in [0, 0.1) is 5.92 Å². The van der Waals surface area contributed by atoms with Crippen molar-refractivity contribution in [1.29, 1.82) is 0 Å². The van der Waals surface area contributed by atoms with E-state index in [1.165, 1.54) is 16.7 Å². The standard InChI is InChI=1S/C20H34N4O6/c1-4-11(2)16(19(28)24-10-6-8-14(24)20(29)30)22-17(26)13-7-5-9-23(13)18(27)15(21)12(3)25/h11-16,25H,4-10,21H2,1-3H3,(H,22,26)(H,29,30). The summed E-state index contributed by atoms with van der Waals surface area (Å²) in [6.07, 6.45) is 1.62. The van der Waals surface area contributed by atoms with Crippen LogP contribution in [0.25, 0.3) is 0 Å². The molecule has 0 radical (unpaired) electrons. The van der Waals surface area contributed by atoms with Gasteiger partial charge in [-0.1, -0.05) is 20.3 Å². The van der Waals surface area contributed by atoms with Crippen LogP contribution in [0.15, 0.2) is 0 Å². The number of amides is 3. The summed E-state index contributed by atoms with van der Waals surface area (Å²) < 4.78 is 0. The summed E-state index contributed by atoms with van der Waals surface area (Å²) in [5.74, 6) is -2.61. The number of carbonyl (C=O) groups excluding carboxylic acids is 3. The minimum absolute atomic E-state index is 0.207. The van der Waals surface area contributed by atoms with Crippen LogP contribution in [0.4, 0.5) is 0 Å². The normalized spacial score (nSPS) is 25.5. The molecular formula is C20H34N4O6. The SMILES string of the molecule is CCC(C)C(NC(=O)C1CCCN1C(=O)C(N)C(C)O)C(=O)N1CCCC1C(=O)O. The minimum Gasteiger partial charge on any atom is -0.480 e. The lowest BCUT2D eigenvalue weighted by atomic mass is 9.96. The number of carboxylic acids is 1. The van der Waals surface area contributed by atoms with Crippen molar-refractivity contribution in [3.8, 4) is 0 Å². The Kier molecular flexibility index (Phi) is 8.19. The van der Waals surface area contributed by atoms with E-state index in [4.69, 9.17) is 5.73 Å². The molecule has 0 saturated carbocycles. The summed E-state index contributed by atoms with van der Waals surface area (Å²) in [7, 11) is 0. The highest BCUT2D eigenvalue weighted by atomic mass is 16.4. The van der Waals surface area contributed by atoms with Gasteiger partial charge in [-0.25, -0.2) is 4.79 Å². The van der Waals surface area contributed by atoms with Gasteiger partial charge in [-0.3, -0.25) is 14.4 Å². The van der Waals surface area contributed by atoms with Crippen molar-refractivity contribution in [2.45, 2.75) is 83.1 Å². The van der Waals surface area contributed by atoms with Gasteiger partial charge in [0.2, 0.25) is 17.7 Å². The van der Waals surface area contributed by atoms with Crippen molar-refractivity contribution in [3.05, 3.63) is 0 Å². The van der Waals surface area contributed by atoms with Crippen LogP contribution in [-0.2, 0) is 19.2 Å².